The van der Waals surface area contributed by atoms with E-state index in [9.17, 15) is 0 Å². The van der Waals surface area contributed by atoms with Crippen molar-refractivity contribution in [2.75, 3.05) is 0 Å². The molecule has 0 unspecified atom stereocenters. The first kappa shape index (κ1) is 9.13. The number of amidine groups is 1. The Morgan fingerprint density at radius 1 is 1.42 bits per heavy atom. The minimum Gasteiger partial charge on any atom is -0.379 e. The predicted molar refractivity (Wildman–Crippen MR) is 54.4 cm³/mol. The molecular formula is C9H12N2S. The second-order valence-electron chi connectivity index (χ2n) is 2.64. The number of nitrogens with one attached hydrogen (secondary N) is 1. The van der Waals surface area contributed by atoms with Crippen LogP contribution in [0.5, 0.6) is 0 Å². The lowest BCUT2D eigenvalue weighted by molar-refractivity contribution is 1.37. The van der Waals surface area contributed by atoms with Gasteiger partial charge in [0.05, 0.1) is 0 Å². The fourth-order valence-corrected chi connectivity index (χ4v) is 1.36. The number of thioether (sulfide) groups is 1. The smallest absolute Gasteiger partial charge is 0.151 e. The highest BCUT2D eigenvalue weighted by Crippen LogP contribution is 2.11. The molecule has 1 aromatic carbocycles. The number of nitrogens with two attached hydrogens (primary N) is 1. The quantitative estimate of drug-likeness (QED) is 0.541. The summed E-state index contributed by atoms with van der Waals surface area (Å²) < 4.78 is 0. The van der Waals surface area contributed by atoms with E-state index in [0.29, 0.717) is 0 Å². The van der Waals surface area contributed by atoms with Crippen molar-refractivity contribution in [3.05, 3.63) is 35.4 Å². The summed E-state index contributed by atoms with van der Waals surface area (Å²) in [6.07, 6.45) is 0. The molecule has 0 spiro atoms. The molecule has 1 rings (SSSR count). The Kier molecular flexibility index (Phi) is 3.17. The number of hydrogen-bond acceptors (Lipinski definition) is 2. The van der Waals surface area contributed by atoms with Gasteiger partial charge in [0.25, 0.3) is 0 Å². The average molecular weight is 180 g/mol. The third-order valence-corrected chi connectivity index (χ3v) is 2.30. The molecule has 0 saturated heterocycles. The number of hydrogen-bond donors (Lipinski definition) is 2. The van der Waals surface area contributed by atoms with Crippen molar-refractivity contribution >= 4 is 16.9 Å². The van der Waals surface area contributed by atoms with E-state index in [1.165, 1.54) is 22.9 Å². The van der Waals surface area contributed by atoms with Crippen LogP contribution in [-0.2, 0) is 5.75 Å². The van der Waals surface area contributed by atoms with Crippen LogP contribution in [0.15, 0.2) is 24.3 Å². The molecule has 0 saturated carbocycles. The van der Waals surface area contributed by atoms with Gasteiger partial charge < -0.3 is 5.73 Å². The van der Waals surface area contributed by atoms with Crippen molar-refractivity contribution in [1.29, 1.82) is 5.41 Å². The van der Waals surface area contributed by atoms with Crippen molar-refractivity contribution in [3.63, 3.8) is 0 Å². The molecule has 0 aromatic heterocycles. The second-order valence-corrected chi connectivity index (χ2v) is 3.66. The van der Waals surface area contributed by atoms with E-state index < -0.39 is 0 Å². The molecule has 0 aliphatic rings. The van der Waals surface area contributed by atoms with Gasteiger partial charge in [-0.1, -0.05) is 41.6 Å². The molecular weight excluding hydrogens is 168 g/mol. The summed E-state index contributed by atoms with van der Waals surface area (Å²) in [5.41, 5.74) is 7.68. The van der Waals surface area contributed by atoms with Gasteiger partial charge in [-0.2, -0.15) is 0 Å². The van der Waals surface area contributed by atoms with Crippen molar-refractivity contribution in [3.8, 4) is 0 Å². The Bertz CT molecular complexity index is 266. The normalized spacial score (nSPS) is 9.75. The average Bonchev–Trinajstić information content (AvgIpc) is 2.03. The lowest BCUT2D eigenvalue weighted by atomic mass is 10.2. The highest BCUT2D eigenvalue weighted by molar-refractivity contribution is 8.13. The van der Waals surface area contributed by atoms with Crippen molar-refractivity contribution in [2.45, 2.75) is 12.7 Å². The first-order valence-electron chi connectivity index (χ1n) is 3.71. The summed E-state index contributed by atoms with van der Waals surface area (Å²) in [5.74, 6) is 0.787. The van der Waals surface area contributed by atoms with Gasteiger partial charge in [-0.3, -0.25) is 5.41 Å². The van der Waals surface area contributed by atoms with Crippen LogP contribution in [0.1, 0.15) is 11.1 Å². The lowest BCUT2D eigenvalue weighted by Crippen LogP contribution is -2.03. The molecule has 3 N–H and O–H groups in total. The van der Waals surface area contributed by atoms with E-state index in [-0.39, 0.29) is 5.17 Å². The van der Waals surface area contributed by atoms with E-state index in [0.717, 1.165) is 5.75 Å². The molecule has 0 aliphatic carbocycles. The van der Waals surface area contributed by atoms with E-state index in [1.54, 1.807) is 0 Å². The molecule has 3 heteroatoms. The monoisotopic (exact) mass is 180 g/mol. The summed E-state index contributed by atoms with van der Waals surface area (Å²) in [7, 11) is 0. The lowest BCUT2D eigenvalue weighted by Gasteiger charge is -1.99. The van der Waals surface area contributed by atoms with Gasteiger partial charge in [0, 0.05) is 5.75 Å². The Morgan fingerprint density at radius 2 is 2.00 bits per heavy atom. The van der Waals surface area contributed by atoms with Crippen LogP contribution in [0.2, 0.25) is 0 Å². The molecule has 0 aliphatic heterocycles. The van der Waals surface area contributed by atoms with Crippen LogP contribution < -0.4 is 5.73 Å². The third-order valence-electron chi connectivity index (χ3n) is 1.51. The highest BCUT2D eigenvalue weighted by atomic mass is 32.2. The fourth-order valence-electron chi connectivity index (χ4n) is 0.845. The van der Waals surface area contributed by atoms with Crippen LogP contribution in [0.4, 0.5) is 0 Å². The zero-order chi connectivity index (χ0) is 8.97. The van der Waals surface area contributed by atoms with E-state index in [4.69, 9.17) is 11.1 Å². The summed E-state index contributed by atoms with van der Waals surface area (Å²) in [4.78, 5) is 0. The fraction of sp³-hybridized carbons (Fsp3) is 0.222. The molecule has 0 heterocycles. The van der Waals surface area contributed by atoms with Crippen LogP contribution in [0.25, 0.3) is 0 Å². The van der Waals surface area contributed by atoms with Crippen molar-refractivity contribution < 1.29 is 0 Å². The maximum atomic E-state index is 7.03. The van der Waals surface area contributed by atoms with Crippen LogP contribution in [-0.4, -0.2) is 5.17 Å². The molecule has 64 valence electrons. The Hall–Kier alpha value is -0.960. The SMILES string of the molecule is Cc1ccc(CSC(=N)N)cc1. The van der Waals surface area contributed by atoms with Gasteiger partial charge in [-0.15, -0.1) is 0 Å². The van der Waals surface area contributed by atoms with E-state index in [1.807, 2.05) is 0 Å². The molecule has 0 amide bonds. The van der Waals surface area contributed by atoms with E-state index >= 15 is 0 Å². The molecule has 1 aromatic rings. The highest BCUT2D eigenvalue weighted by Gasteiger charge is 1.94. The minimum absolute atomic E-state index is 0.176. The Morgan fingerprint density at radius 3 is 2.50 bits per heavy atom. The van der Waals surface area contributed by atoms with Crippen LogP contribution >= 0.6 is 11.8 Å². The Labute approximate surface area is 76.7 Å². The molecule has 0 fully saturated rings. The maximum absolute atomic E-state index is 7.03. The number of aryl methyl sites for hydroxylation is 1. The molecule has 0 atom stereocenters. The van der Waals surface area contributed by atoms with Gasteiger partial charge in [-0.05, 0) is 12.5 Å². The largest absolute Gasteiger partial charge is 0.379 e. The van der Waals surface area contributed by atoms with Gasteiger partial charge >= 0.3 is 0 Å². The molecule has 0 radical (unpaired) electrons. The van der Waals surface area contributed by atoms with Crippen LogP contribution in [0.3, 0.4) is 0 Å². The number of rotatable bonds is 2. The van der Waals surface area contributed by atoms with E-state index in [2.05, 4.69) is 31.2 Å². The minimum atomic E-state index is 0.176. The van der Waals surface area contributed by atoms with Gasteiger partial charge in [0.2, 0.25) is 0 Å². The Balaban J connectivity index is 2.53. The summed E-state index contributed by atoms with van der Waals surface area (Å²) in [6.45, 7) is 2.06. The second kappa shape index (κ2) is 4.16. The standard InChI is InChI=1S/C9H12N2S/c1-7-2-4-8(5-3-7)6-12-9(10)11/h2-5H,6H2,1H3,(H3,10,11). The van der Waals surface area contributed by atoms with Crippen LogP contribution in [0, 0.1) is 12.3 Å². The maximum Gasteiger partial charge on any atom is 0.151 e. The molecule has 2 nitrogen and oxygen atoms in total. The third kappa shape index (κ3) is 2.96. The number of benzene rings is 1. The predicted octanol–water partition coefficient (Wildman–Crippen LogP) is 2.12. The van der Waals surface area contributed by atoms with Gasteiger partial charge in [0.1, 0.15) is 0 Å². The van der Waals surface area contributed by atoms with Crippen molar-refractivity contribution in [2.24, 2.45) is 5.73 Å². The first-order chi connectivity index (χ1) is 5.68. The first-order valence-corrected chi connectivity index (χ1v) is 4.69. The van der Waals surface area contributed by atoms with Gasteiger partial charge in [0.15, 0.2) is 5.17 Å². The molecule has 12 heavy (non-hydrogen) atoms. The van der Waals surface area contributed by atoms with Gasteiger partial charge in [-0.25, -0.2) is 0 Å². The summed E-state index contributed by atoms with van der Waals surface area (Å²) >= 11 is 1.35. The zero-order valence-electron chi connectivity index (χ0n) is 7.00. The topological polar surface area (TPSA) is 49.9 Å². The van der Waals surface area contributed by atoms with Crippen molar-refractivity contribution in [1.82, 2.24) is 0 Å². The zero-order valence-corrected chi connectivity index (χ0v) is 7.82. The molecule has 0 bridgehead atoms. The summed E-state index contributed by atoms with van der Waals surface area (Å²) in [6, 6.07) is 8.25. The summed E-state index contributed by atoms with van der Waals surface area (Å²) in [5, 5.41) is 7.20.